The molecule has 0 radical (unpaired) electrons. The topological polar surface area (TPSA) is 47.6 Å². The molecule has 0 saturated heterocycles. The van der Waals surface area contributed by atoms with Gasteiger partial charge in [-0.2, -0.15) is 0 Å². The maximum Gasteiger partial charge on any atom is 0.231 e. The van der Waals surface area contributed by atoms with E-state index in [1.165, 1.54) is 0 Å². The zero-order valence-electron chi connectivity index (χ0n) is 15.7. The Morgan fingerprint density at radius 1 is 1.00 bits per heavy atom. The molecule has 1 aliphatic carbocycles. The molecular formula is C22H27NO3. The van der Waals surface area contributed by atoms with Crippen molar-refractivity contribution in [2.24, 2.45) is 0 Å². The molecule has 138 valence electrons. The van der Waals surface area contributed by atoms with Crippen LogP contribution in [0.15, 0.2) is 48.5 Å². The molecule has 0 aliphatic heterocycles. The molecule has 4 heteroatoms. The largest absolute Gasteiger partial charge is 0.493 e. The molecule has 0 unspecified atom stereocenters. The van der Waals surface area contributed by atoms with Crippen LogP contribution in [-0.2, 0) is 10.2 Å². The van der Waals surface area contributed by atoms with Crippen molar-refractivity contribution in [3.63, 3.8) is 0 Å². The summed E-state index contributed by atoms with van der Waals surface area (Å²) in [6.07, 6.45) is 3.83. The summed E-state index contributed by atoms with van der Waals surface area (Å²) in [7, 11) is 3.25. The number of methoxy groups -OCH3 is 2. The molecule has 0 spiro atoms. The highest BCUT2D eigenvalue weighted by Gasteiger charge is 2.43. The van der Waals surface area contributed by atoms with E-state index in [1.807, 2.05) is 55.5 Å². The van der Waals surface area contributed by atoms with Crippen molar-refractivity contribution < 1.29 is 14.3 Å². The molecule has 0 heterocycles. The first-order valence-electron chi connectivity index (χ1n) is 9.19. The molecular weight excluding hydrogens is 326 g/mol. The van der Waals surface area contributed by atoms with E-state index >= 15 is 0 Å². The van der Waals surface area contributed by atoms with Crippen molar-refractivity contribution in [3.8, 4) is 11.5 Å². The fourth-order valence-electron chi connectivity index (χ4n) is 3.92. The van der Waals surface area contributed by atoms with E-state index in [2.05, 4.69) is 5.32 Å². The third-order valence-electron chi connectivity index (χ3n) is 5.48. The van der Waals surface area contributed by atoms with Gasteiger partial charge in [-0.15, -0.1) is 0 Å². The Morgan fingerprint density at radius 2 is 1.65 bits per heavy atom. The van der Waals surface area contributed by atoms with Crippen molar-refractivity contribution in [3.05, 3.63) is 59.7 Å². The standard InChI is InChI=1S/C22H27NO3/c1-16(17-9-5-4-6-10-17)23-21(24)22(13-7-8-14-22)18-11-12-19(25-2)20(15-18)26-3/h4-6,9-12,15-16H,7-8,13-14H2,1-3H3,(H,23,24)/t16-/m1/s1. The van der Waals surface area contributed by atoms with Crippen LogP contribution in [0.4, 0.5) is 0 Å². The van der Waals surface area contributed by atoms with Crippen molar-refractivity contribution in [1.82, 2.24) is 5.32 Å². The predicted octanol–water partition coefficient (Wildman–Crippen LogP) is 4.39. The van der Waals surface area contributed by atoms with E-state index in [0.29, 0.717) is 11.5 Å². The highest BCUT2D eigenvalue weighted by atomic mass is 16.5. The number of hydrogen-bond acceptors (Lipinski definition) is 3. The van der Waals surface area contributed by atoms with Gasteiger partial charge in [0.2, 0.25) is 5.91 Å². The van der Waals surface area contributed by atoms with Crippen LogP contribution in [0.3, 0.4) is 0 Å². The summed E-state index contributed by atoms with van der Waals surface area (Å²) >= 11 is 0. The van der Waals surface area contributed by atoms with E-state index in [-0.39, 0.29) is 11.9 Å². The van der Waals surface area contributed by atoms with Crippen LogP contribution in [0.25, 0.3) is 0 Å². The second-order valence-electron chi connectivity index (χ2n) is 6.96. The number of amides is 1. The van der Waals surface area contributed by atoms with Crippen LogP contribution in [0.1, 0.15) is 49.8 Å². The lowest BCUT2D eigenvalue weighted by Gasteiger charge is -2.30. The van der Waals surface area contributed by atoms with Crippen molar-refractivity contribution >= 4 is 5.91 Å². The van der Waals surface area contributed by atoms with E-state index in [9.17, 15) is 4.79 Å². The maximum atomic E-state index is 13.3. The third kappa shape index (κ3) is 3.41. The predicted molar refractivity (Wildman–Crippen MR) is 103 cm³/mol. The Hall–Kier alpha value is -2.49. The summed E-state index contributed by atoms with van der Waals surface area (Å²) < 4.78 is 10.8. The van der Waals surface area contributed by atoms with Crippen LogP contribution in [0, 0.1) is 0 Å². The SMILES string of the molecule is COc1ccc(C2(C(=O)N[C@H](C)c3ccccc3)CCCC2)cc1OC. The molecule has 2 aromatic rings. The van der Waals surface area contributed by atoms with Gasteiger partial charge in [0.1, 0.15) is 0 Å². The molecule has 1 saturated carbocycles. The molecule has 0 bridgehead atoms. The van der Waals surface area contributed by atoms with Gasteiger partial charge in [-0.25, -0.2) is 0 Å². The van der Waals surface area contributed by atoms with Gasteiger partial charge in [0, 0.05) is 0 Å². The molecule has 1 amide bonds. The summed E-state index contributed by atoms with van der Waals surface area (Å²) in [4.78, 5) is 13.3. The number of ether oxygens (including phenoxy) is 2. The zero-order valence-corrected chi connectivity index (χ0v) is 15.7. The van der Waals surface area contributed by atoms with Crippen LogP contribution >= 0.6 is 0 Å². The van der Waals surface area contributed by atoms with Crippen molar-refractivity contribution in [2.45, 2.75) is 44.1 Å². The number of carbonyl (C=O) groups excluding carboxylic acids is 1. The Morgan fingerprint density at radius 3 is 2.27 bits per heavy atom. The summed E-state index contributed by atoms with van der Waals surface area (Å²) in [5.74, 6) is 1.45. The van der Waals surface area contributed by atoms with Crippen LogP contribution < -0.4 is 14.8 Å². The smallest absolute Gasteiger partial charge is 0.231 e. The first-order valence-corrected chi connectivity index (χ1v) is 9.19. The number of benzene rings is 2. The second-order valence-corrected chi connectivity index (χ2v) is 6.96. The Labute approximate surface area is 155 Å². The average molecular weight is 353 g/mol. The molecule has 0 aromatic heterocycles. The first kappa shape index (κ1) is 18.3. The van der Waals surface area contributed by atoms with Crippen LogP contribution in [0.2, 0.25) is 0 Å². The molecule has 26 heavy (non-hydrogen) atoms. The van der Waals surface area contributed by atoms with Gasteiger partial charge in [0.05, 0.1) is 25.7 Å². The third-order valence-corrected chi connectivity index (χ3v) is 5.48. The highest BCUT2D eigenvalue weighted by Crippen LogP contribution is 2.44. The quantitative estimate of drug-likeness (QED) is 0.838. The minimum atomic E-state index is -0.497. The van der Waals surface area contributed by atoms with Gasteiger partial charge in [-0.3, -0.25) is 4.79 Å². The number of nitrogens with one attached hydrogen (secondary N) is 1. The first-order chi connectivity index (χ1) is 12.6. The van der Waals surface area contributed by atoms with Crippen LogP contribution in [-0.4, -0.2) is 20.1 Å². The minimum absolute atomic E-state index is 0.0266. The summed E-state index contributed by atoms with van der Waals surface area (Å²) in [6.45, 7) is 2.03. The van der Waals surface area contributed by atoms with Gasteiger partial charge < -0.3 is 14.8 Å². The molecule has 1 N–H and O–H groups in total. The summed E-state index contributed by atoms with van der Waals surface area (Å²) in [6, 6.07) is 15.9. The lowest BCUT2D eigenvalue weighted by Crippen LogP contribution is -2.43. The van der Waals surface area contributed by atoms with E-state index < -0.39 is 5.41 Å². The lowest BCUT2D eigenvalue weighted by atomic mass is 9.77. The van der Waals surface area contributed by atoms with Gasteiger partial charge in [0.15, 0.2) is 11.5 Å². The Balaban J connectivity index is 1.89. The Bertz CT molecular complexity index is 751. The molecule has 1 atom stereocenters. The molecule has 1 fully saturated rings. The maximum absolute atomic E-state index is 13.3. The summed E-state index contributed by atoms with van der Waals surface area (Å²) in [5.41, 5.74) is 1.62. The molecule has 2 aromatic carbocycles. The molecule has 3 rings (SSSR count). The van der Waals surface area contributed by atoms with Gasteiger partial charge in [0.25, 0.3) is 0 Å². The molecule has 1 aliphatic rings. The lowest BCUT2D eigenvalue weighted by molar-refractivity contribution is -0.127. The number of carbonyl (C=O) groups is 1. The van der Waals surface area contributed by atoms with Gasteiger partial charge >= 0.3 is 0 Å². The minimum Gasteiger partial charge on any atom is -0.493 e. The Kier molecular flexibility index (Phi) is 5.50. The second kappa shape index (κ2) is 7.81. The fraction of sp³-hybridized carbons (Fsp3) is 0.409. The van der Waals surface area contributed by atoms with E-state index in [4.69, 9.17) is 9.47 Å². The molecule has 4 nitrogen and oxygen atoms in total. The van der Waals surface area contributed by atoms with Crippen LogP contribution in [0.5, 0.6) is 11.5 Å². The van der Waals surface area contributed by atoms with E-state index in [1.54, 1.807) is 14.2 Å². The fourth-order valence-corrected chi connectivity index (χ4v) is 3.92. The average Bonchev–Trinajstić information content (AvgIpc) is 3.19. The van der Waals surface area contributed by atoms with Crippen molar-refractivity contribution in [2.75, 3.05) is 14.2 Å². The normalized spacial score (nSPS) is 16.7. The van der Waals surface area contributed by atoms with Gasteiger partial charge in [-0.05, 0) is 43.0 Å². The highest BCUT2D eigenvalue weighted by molar-refractivity contribution is 5.89. The monoisotopic (exact) mass is 353 g/mol. The number of hydrogen-bond donors (Lipinski definition) is 1. The zero-order chi connectivity index (χ0) is 18.6. The summed E-state index contributed by atoms with van der Waals surface area (Å²) in [5, 5.41) is 3.23. The number of rotatable bonds is 6. The van der Waals surface area contributed by atoms with Crippen molar-refractivity contribution in [1.29, 1.82) is 0 Å². The van der Waals surface area contributed by atoms with E-state index in [0.717, 1.165) is 36.8 Å². The van der Waals surface area contributed by atoms with Gasteiger partial charge in [-0.1, -0.05) is 49.2 Å².